The van der Waals surface area contributed by atoms with Gasteiger partial charge in [0.25, 0.3) is 0 Å². The molecule has 0 saturated heterocycles. The molecule has 2 nitrogen and oxygen atoms in total. The van der Waals surface area contributed by atoms with Crippen LogP contribution in [0.4, 0.5) is 4.39 Å². The Bertz CT molecular complexity index is 400. The van der Waals surface area contributed by atoms with Crippen LogP contribution in [0.2, 0.25) is 0 Å². The van der Waals surface area contributed by atoms with Gasteiger partial charge in [-0.25, -0.2) is 4.39 Å². The van der Waals surface area contributed by atoms with Gasteiger partial charge in [0.05, 0.1) is 0 Å². The predicted octanol–water partition coefficient (Wildman–Crippen LogP) is 1.76. The van der Waals surface area contributed by atoms with E-state index < -0.39 is 0 Å². The first-order valence-corrected chi connectivity index (χ1v) is 4.81. The minimum atomic E-state index is -0.136. The average molecular weight is 190 g/mol. The van der Waals surface area contributed by atoms with Crippen molar-refractivity contribution in [3.63, 3.8) is 0 Å². The largest absolute Gasteiger partial charge is 0.366 e. The van der Waals surface area contributed by atoms with Gasteiger partial charge in [-0.3, -0.25) is 0 Å². The van der Waals surface area contributed by atoms with Gasteiger partial charge in [0.2, 0.25) is 0 Å². The van der Waals surface area contributed by atoms with Crippen molar-refractivity contribution in [2.24, 2.45) is 0 Å². The van der Waals surface area contributed by atoms with Gasteiger partial charge < -0.3 is 10.2 Å². The summed E-state index contributed by atoms with van der Waals surface area (Å²) >= 11 is 0. The summed E-state index contributed by atoms with van der Waals surface area (Å²) in [5, 5.41) is 3.26. The Morgan fingerprint density at radius 2 is 2.36 bits per heavy atom. The second kappa shape index (κ2) is 2.74. The first-order chi connectivity index (χ1) is 6.84. The van der Waals surface area contributed by atoms with Gasteiger partial charge in [0.1, 0.15) is 12.0 Å². The summed E-state index contributed by atoms with van der Waals surface area (Å²) in [5.41, 5.74) is 2.32. The summed E-state index contributed by atoms with van der Waals surface area (Å²) in [5.74, 6) is -0.136. The maximum atomic E-state index is 13.0. The van der Waals surface area contributed by atoms with E-state index in [0.29, 0.717) is 0 Å². The minimum Gasteiger partial charge on any atom is -0.366 e. The number of fused-ring (bicyclic) bond motifs is 3. The smallest absolute Gasteiger partial charge is 0.125 e. The molecule has 2 aliphatic rings. The van der Waals surface area contributed by atoms with Crippen LogP contribution < -0.4 is 5.32 Å². The van der Waals surface area contributed by atoms with Crippen LogP contribution >= 0.6 is 0 Å². The lowest BCUT2D eigenvalue weighted by molar-refractivity contribution is 0.267. The predicted molar refractivity (Wildman–Crippen MR) is 51.8 cm³/mol. The molecule has 0 spiro atoms. The first kappa shape index (κ1) is 7.85. The lowest BCUT2D eigenvalue weighted by atomic mass is 9.97. The number of rotatable bonds is 0. The maximum absolute atomic E-state index is 13.0. The highest BCUT2D eigenvalue weighted by Gasteiger charge is 2.26. The molecular weight excluding hydrogens is 179 g/mol. The van der Waals surface area contributed by atoms with Crippen molar-refractivity contribution < 1.29 is 4.39 Å². The molecule has 0 radical (unpaired) electrons. The second-order valence-corrected chi connectivity index (χ2v) is 3.72. The lowest BCUT2D eigenvalue weighted by Crippen LogP contribution is -2.33. The van der Waals surface area contributed by atoms with E-state index in [1.54, 1.807) is 6.07 Å². The molecule has 0 saturated carbocycles. The molecule has 0 aliphatic carbocycles. The standard InChI is InChI=1S/C11H11FN2/c12-9-1-2-10-8(7-9)3-5-14-6-4-13-11(10)14/h1-2,4,6-7,11,13H,3,5H2. The Morgan fingerprint density at radius 1 is 1.43 bits per heavy atom. The fourth-order valence-corrected chi connectivity index (χ4v) is 2.19. The summed E-state index contributed by atoms with van der Waals surface area (Å²) in [6.45, 7) is 0.963. The zero-order chi connectivity index (χ0) is 9.54. The van der Waals surface area contributed by atoms with Crippen LogP contribution in [-0.4, -0.2) is 11.4 Å². The highest BCUT2D eigenvalue weighted by Crippen LogP contribution is 2.30. The molecule has 1 atom stereocenters. The Kier molecular flexibility index (Phi) is 1.54. The molecule has 1 aromatic rings. The van der Waals surface area contributed by atoms with Gasteiger partial charge in [0.15, 0.2) is 0 Å². The number of hydrogen-bond acceptors (Lipinski definition) is 2. The van der Waals surface area contributed by atoms with Gasteiger partial charge in [-0.2, -0.15) is 0 Å². The van der Waals surface area contributed by atoms with E-state index in [1.807, 2.05) is 12.3 Å². The van der Waals surface area contributed by atoms with E-state index >= 15 is 0 Å². The Morgan fingerprint density at radius 3 is 3.29 bits per heavy atom. The summed E-state index contributed by atoms with van der Waals surface area (Å²) < 4.78 is 13.0. The quantitative estimate of drug-likeness (QED) is 0.670. The topological polar surface area (TPSA) is 15.3 Å². The highest BCUT2D eigenvalue weighted by atomic mass is 19.1. The van der Waals surface area contributed by atoms with Gasteiger partial charge in [-0.15, -0.1) is 0 Å². The zero-order valence-corrected chi connectivity index (χ0v) is 7.70. The molecule has 1 unspecified atom stereocenters. The van der Waals surface area contributed by atoms with Crippen LogP contribution in [0.25, 0.3) is 0 Å². The monoisotopic (exact) mass is 190 g/mol. The molecule has 72 valence electrons. The van der Waals surface area contributed by atoms with Crippen molar-refractivity contribution in [2.45, 2.75) is 12.6 Å². The molecule has 2 aliphatic heterocycles. The molecule has 2 heterocycles. The molecule has 0 fully saturated rings. The van der Waals surface area contributed by atoms with Crippen LogP contribution in [0.15, 0.2) is 30.6 Å². The normalized spacial score (nSPS) is 22.9. The van der Waals surface area contributed by atoms with Crippen molar-refractivity contribution in [1.82, 2.24) is 10.2 Å². The number of hydrogen-bond donors (Lipinski definition) is 1. The van der Waals surface area contributed by atoms with Crippen molar-refractivity contribution in [1.29, 1.82) is 0 Å². The van der Waals surface area contributed by atoms with E-state index in [1.165, 1.54) is 11.6 Å². The lowest BCUT2D eigenvalue weighted by Gasteiger charge is -2.32. The second-order valence-electron chi connectivity index (χ2n) is 3.72. The molecule has 3 heteroatoms. The van der Waals surface area contributed by atoms with E-state index in [4.69, 9.17) is 0 Å². The molecule has 1 N–H and O–H groups in total. The Labute approximate surface area is 82.0 Å². The van der Waals surface area contributed by atoms with Crippen LogP contribution in [0, 0.1) is 5.82 Å². The third-order valence-corrected chi connectivity index (χ3v) is 2.89. The summed E-state index contributed by atoms with van der Waals surface area (Å²) in [6, 6.07) is 5.05. The number of nitrogens with zero attached hydrogens (tertiary/aromatic N) is 1. The molecule has 14 heavy (non-hydrogen) atoms. The Balaban J connectivity index is 2.07. The highest BCUT2D eigenvalue weighted by molar-refractivity contribution is 5.34. The van der Waals surface area contributed by atoms with Crippen LogP contribution in [0.1, 0.15) is 17.3 Å². The van der Waals surface area contributed by atoms with Crippen molar-refractivity contribution in [3.8, 4) is 0 Å². The minimum absolute atomic E-state index is 0.136. The third-order valence-electron chi connectivity index (χ3n) is 2.89. The molecule has 0 amide bonds. The number of halogens is 1. The zero-order valence-electron chi connectivity index (χ0n) is 7.70. The Hall–Kier alpha value is -1.51. The molecule has 1 aromatic carbocycles. The van der Waals surface area contributed by atoms with E-state index in [2.05, 4.69) is 16.4 Å². The van der Waals surface area contributed by atoms with E-state index in [-0.39, 0.29) is 12.0 Å². The van der Waals surface area contributed by atoms with Crippen molar-refractivity contribution >= 4 is 0 Å². The van der Waals surface area contributed by atoms with E-state index in [0.717, 1.165) is 18.5 Å². The van der Waals surface area contributed by atoms with Crippen molar-refractivity contribution in [2.75, 3.05) is 6.54 Å². The summed E-state index contributed by atoms with van der Waals surface area (Å²) in [6.07, 6.45) is 5.15. The molecule has 0 aromatic heterocycles. The summed E-state index contributed by atoms with van der Waals surface area (Å²) in [7, 11) is 0. The SMILES string of the molecule is Fc1ccc2c(c1)CCN1C=CNC21. The van der Waals surface area contributed by atoms with Gasteiger partial charge in [-0.1, -0.05) is 6.07 Å². The van der Waals surface area contributed by atoms with Gasteiger partial charge in [0, 0.05) is 18.9 Å². The van der Waals surface area contributed by atoms with Crippen LogP contribution in [0.3, 0.4) is 0 Å². The molecule has 0 bridgehead atoms. The first-order valence-electron chi connectivity index (χ1n) is 4.81. The molecule has 3 rings (SSSR count). The fraction of sp³-hybridized carbons (Fsp3) is 0.273. The van der Waals surface area contributed by atoms with E-state index in [9.17, 15) is 4.39 Å². The third kappa shape index (κ3) is 1.02. The maximum Gasteiger partial charge on any atom is 0.125 e. The molecular formula is C11H11FN2. The number of nitrogens with one attached hydrogen (secondary N) is 1. The van der Waals surface area contributed by atoms with Gasteiger partial charge in [-0.05, 0) is 29.7 Å². The van der Waals surface area contributed by atoms with Crippen LogP contribution in [0.5, 0.6) is 0 Å². The fourth-order valence-electron chi connectivity index (χ4n) is 2.19. The average Bonchev–Trinajstić information content (AvgIpc) is 2.65. The van der Waals surface area contributed by atoms with Crippen molar-refractivity contribution in [3.05, 3.63) is 47.5 Å². The van der Waals surface area contributed by atoms with Gasteiger partial charge >= 0.3 is 0 Å². The summed E-state index contributed by atoms with van der Waals surface area (Å²) in [4.78, 5) is 2.24. The number of benzene rings is 1. The van der Waals surface area contributed by atoms with Crippen LogP contribution in [-0.2, 0) is 6.42 Å².